The number of fused-ring (bicyclic) bond motifs is 1. The molecule has 29 nitrogen and oxygen atoms in total. The van der Waals surface area contributed by atoms with Gasteiger partial charge in [0.15, 0.2) is 0 Å². The number of aliphatic hydroxyl groups is 1. The van der Waals surface area contributed by atoms with Crippen molar-refractivity contribution in [2.75, 3.05) is 33.8 Å². The second kappa shape index (κ2) is 37.3. The van der Waals surface area contributed by atoms with Crippen LogP contribution in [0.25, 0.3) is 10.9 Å². The van der Waals surface area contributed by atoms with E-state index in [1.54, 1.807) is 105 Å². The number of benzene rings is 4. The van der Waals surface area contributed by atoms with Gasteiger partial charge in [0, 0.05) is 36.4 Å². The van der Waals surface area contributed by atoms with Gasteiger partial charge >= 0.3 is 0 Å². The molecule has 0 radical (unpaired) electrons. The number of aliphatic hydroxyl groups excluding tert-OH is 1. The van der Waals surface area contributed by atoms with Crippen molar-refractivity contribution in [1.82, 2.24) is 57.7 Å². The quantitative estimate of drug-likeness (QED) is 0.0181. The van der Waals surface area contributed by atoms with Crippen LogP contribution in [-0.2, 0) is 83.2 Å². The molecule has 94 heavy (non-hydrogen) atoms. The average molecular weight is 1300 g/mol. The van der Waals surface area contributed by atoms with Gasteiger partial charge in [-0.3, -0.25) is 57.5 Å². The highest BCUT2D eigenvalue weighted by Gasteiger charge is 2.36. The Morgan fingerprint density at radius 1 is 0.489 bits per heavy atom. The maximum atomic E-state index is 14.5. The van der Waals surface area contributed by atoms with E-state index >= 15 is 0 Å². The van der Waals surface area contributed by atoms with Gasteiger partial charge in [0.1, 0.15) is 54.1 Å². The van der Waals surface area contributed by atoms with Crippen molar-refractivity contribution in [2.24, 2.45) is 28.9 Å². The van der Waals surface area contributed by atoms with Crippen molar-refractivity contribution >= 4 is 81.8 Å². The van der Waals surface area contributed by atoms with Crippen molar-refractivity contribution in [3.05, 3.63) is 138 Å². The predicted molar refractivity (Wildman–Crippen MR) is 346 cm³/mol. The molecule has 1 aromatic heterocycles. The molecule has 5 rings (SSSR count). The minimum Gasteiger partial charge on any atom is -0.508 e. The Labute approximate surface area is 543 Å². The Morgan fingerprint density at radius 3 is 1.50 bits per heavy atom. The number of phenols is 1. The first-order valence-electron chi connectivity index (χ1n) is 30.7. The first-order valence-corrected chi connectivity index (χ1v) is 30.7. The Kier molecular flexibility index (Phi) is 29.6. The van der Waals surface area contributed by atoms with Crippen LogP contribution in [-0.4, -0.2) is 179 Å². The Morgan fingerprint density at radius 2 is 0.947 bits per heavy atom. The highest BCUT2D eigenvalue weighted by molar-refractivity contribution is 6.00. The summed E-state index contributed by atoms with van der Waals surface area (Å²) >= 11 is 0. The molecule has 12 amide bonds. The minimum atomic E-state index is -1.90. The van der Waals surface area contributed by atoms with Gasteiger partial charge < -0.3 is 90.9 Å². The number of amides is 12. The van der Waals surface area contributed by atoms with Crippen LogP contribution in [0.2, 0.25) is 0 Å². The molecule has 0 aliphatic rings. The van der Waals surface area contributed by atoms with E-state index < -0.39 is 151 Å². The normalized spacial score (nSPS) is 14.0. The topological polar surface area (TPSA) is 477 Å². The van der Waals surface area contributed by atoms with Crippen LogP contribution in [0.3, 0.4) is 0 Å². The van der Waals surface area contributed by atoms with Crippen molar-refractivity contribution in [2.45, 2.75) is 132 Å². The third-order valence-corrected chi connectivity index (χ3v) is 15.0. The van der Waals surface area contributed by atoms with Crippen LogP contribution >= 0.6 is 0 Å². The number of nitrogens with one attached hydrogen (secondary N) is 10. The van der Waals surface area contributed by atoms with Gasteiger partial charge in [-0.15, -0.1) is 0 Å². The lowest BCUT2D eigenvalue weighted by Gasteiger charge is -2.27. The number of aromatic hydroxyl groups is 1. The SMILES string of the molecule is CC(C)C[C@H](NC(=O)CNC(=O)[C@H](Cc1ccccc1)NC(=O)[C@H](CO)NC(=O)[C@H](CC(N)=O)NC(=O)[C@H](Cc1c[nH]c2ccccc12)NC(=O)[C@H](CC(N)=O)NC(=O)[C@@H](N)Cc1ccc(O)cc1)C(=O)N[C@@H](CCCCN(C)C)C(=O)N[C@@H](Cc1ccccc1)C(N)=O. The predicted octanol–water partition coefficient (Wildman–Crippen LogP) is -2.53. The molecule has 0 aliphatic heterocycles. The van der Waals surface area contributed by atoms with Gasteiger partial charge in [0.25, 0.3) is 0 Å². The second-order valence-electron chi connectivity index (χ2n) is 23.5. The Hall–Kier alpha value is -10.3. The summed E-state index contributed by atoms with van der Waals surface area (Å²) in [7, 11) is 3.78. The molecule has 29 heteroatoms. The van der Waals surface area contributed by atoms with E-state index in [0.717, 1.165) is 5.56 Å². The highest BCUT2D eigenvalue weighted by Crippen LogP contribution is 2.20. The molecule has 0 fully saturated rings. The molecule has 506 valence electrons. The molecule has 0 bridgehead atoms. The molecule has 0 aliphatic carbocycles. The number of aromatic nitrogens is 1. The number of hydrogen-bond donors (Lipinski definition) is 16. The number of para-hydroxylation sites is 1. The second-order valence-corrected chi connectivity index (χ2v) is 23.5. The third kappa shape index (κ3) is 25.1. The molecule has 0 saturated carbocycles. The summed E-state index contributed by atoms with van der Waals surface area (Å²) in [6.07, 6.45) is 0.856. The number of primary amides is 3. The van der Waals surface area contributed by atoms with E-state index in [0.29, 0.717) is 47.0 Å². The van der Waals surface area contributed by atoms with Gasteiger partial charge in [-0.05, 0) is 99.1 Å². The van der Waals surface area contributed by atoms with E-state index in [1.807, 2.05) is 19.0 Å². The van der Waals surface area contributed by atoms with E-state index in [2.05, 4.69) is 52.8 Å². The number of unbranched alkanes of at least 4 members (excludes halogenated alkanes) is 1. The lowest BCUT2D eigenvalue weighted by molar-refractivity contribution is -0.136. The van der Waals surface area contributed by atoms with Crippen LogP contribution in [0.5, 0.6) is 5.75 Å². The van der Waals surface area contributed by atoms with Gasteiger partial charge in [-0.2, -0.15) is 0 Å². The number of nitrogens with zero attached hydrogens (tertiary/aromatic N) is 1. The molecule has 20 N–H and O–H groups in total. The third-order valence-electron chi connectivity index (χ3n) is 15.0. The van der Waals surface area contributed by atoms with Gasteiger partial charge in [-0.25, -0.2) is 0 Å². The molecule has 0 saturated heterocycles. The smallest absolute Gasteiger partial charge is 0.245 e. The fourth-order valence-corrected chi connectivity index (χ4v) is 10.1. The van der Waals surface area contributed by atoms with E-state index in [1.165, 1.54) is 24.3 Å². The number of phenolic OH excluding ortho intramolecular Hbond substituents is 1. The molecular weight excluding hydrogens is 1210 g/mol. The summed E-state index contributed by atoms with van der Waals surface area (Å²) in [5.74, 6) is -11.8. The van der Waals surface area contributed by atoms with E-state index in [4.69, 9.17) is 22.9 Å². The molecule has 1 heterocycles. The Balaban J connectivity index is 1.30. The largest absolute Gasteiger partial charge is 0.508 e. The van der Waals surface area contributed by atoms with Crippen molar-refractivity contribution < 1.29 is 67.7 Å². The molecule has 4 aromatic carbocycles. The van der Waals surface area contributed by atoms with Crippen molar-refractivity contribution in [3.63, 3.8) is 0 Å². The summed E-state index contributed by atoms with van der Waals surface area (Å²) in [6.45, 7) is 2.45. The van der Waals surface area contributed by atoms with Crippen LogP contribution < -0.4 is 70.8 Å². The number of hydrogen-bond acceptors (Lipinski definition) is 16. The number of rotatable bonds is 39. The first-order chi connectivity index (χ1) is 44.7. The minimum absolute atomic E-state index is 0.0310. The fourth-order valence-electron chi connectivity index (χ4n) is 10.1. The number of aromatic amines is 1. The highest BCUT2D eigenvalue weighted by atomic mass is 16.3. The summed E-state index contributed by atoms with van der Waals surface area (Å²) < 4.78 is 0. The molecule has 9 atom stereocenters. The van der Waals surface area contributed by atoms with Crippen LogP contribution in [0.1, 0.15) is 74.6 Å². The monoisotopic (exact) mass is 1300 g/mol. The summed E-state index contributed by atoms with van der Waals surface area (Å²) in [5, 5.41) is 43.4. The van der Waals surface area contributed by atoms with Gasteiger partial charge in [-0.1, -0.05) is 105 Å². The molecule has 5 aromatic rings. The van der Waals surface area contributed by atoms with Gasteiger partial charge in [0.05, 0.1) is 32.0 Å². The number of carbonyl (C=O) groups excluding carboxylic acids is 12. The van der Waals surface area contributed by atoms with Crippen LogP contribution in [0, 0.1) is 5.92 Å². The zero-order valence-corrected chi connectivity index (χ0v) is 53.0. The number of nitrogens with two attached hydrogens (primary N) is 4. The number of carbonyl (C=O) groups is 12. The lowest BCUT2D eigenvalue weighted by Crippen LogP contribution is -2.61. The number of H-pyrrole nitrogens is 1. The Bertz CT molecular complexity index is 3400. The van der Waals surface area contributed by atoms with Crippen molar-refractivity contribution in [3.8, 4) is 5.75 Å². The molecule has 0 spiro atoms. The summed E-state index contributed by atoms with van der Waals surface area (Å²) in [4.78, 5) is 168. The van der Waals surface area contributed by atoms with Crippen molar-refractivity contribution in [1.29, 1.82) is 0 Å². The maximum absolute atomic E-state index is 14.5. The van der Waals surface area contributed by atoms with Crippen LogP contribution in [0.4, 0.5) is 0 Å². The van der Waals surface area contributed by atoms with E-state index in [9.17, 15) is 67.7 Å². The fraction of sp³-hybridized carbons (Fsp3) is 0.415. The van der Waals surface area contributed by atoms with Gasteiger partial charge in [0.2, 0.25) is 70.9 Å². The average Bonchev–Trinajstić information content (AvgIpc) is 1.69. The summed E-state index contributed by atoms with van der Waals surface area (Å²) in [6, 6.07) is 16.6. The zero-order valence-electron chi connectivity index (χ0n) is 53.0. The lowest BCUT2D eigenvalue weighted by atomic mass is 10.0. The maximum Gasteiger partial charge on any atom is 0.245 e. The van der Waals surface area contributed by atoms with E-state index in [-0.39, 0.29) is 50.2 Å². The first kappa shape index (κ1) is 74.5. The molecular formula is C65H87N15O14. The standard InChI is InChI=1S/C65H87N15O14/c1-37(2)27-48(61(90)73-46(21-13-14-26-80(3)4)60(89)74-47(57(69)86)29-38-15-7-5-8-16-38)72-56(85)35-71-59(88)49(30-39-17-9-6-10-18-39)76-65(94)53(36-81)79-64(93)52(33-55(68)84)78-62(91)50(31-41-34-70-45-20-12-11-19-43(41)45)77-63(92)51(32-54(67)83)75-58(87)44(66)28-40-22-24-42(82)25-23-40/h5-12,15-20,22-25,34,37,44,46-53,70,81-82H,13-14,21,26-33,35-36,66H2,1-4H3,(H2,67,83)(H2,68,84)(H2,69,86)(H,71,88)(H,72,85)(H,73,90)(H,74,89)(H,75,87)(H,76,94)(H,77,92)(H,78,91)(H,79,93)/t44-,46-,47-,48-,49-,50-,51-,52-,53-/m0/s1. The molecule has 0 unspecified atom stereocenters. The van der Waals surface area contributed by atoms with Crippen LogP contribution in [0.15, 0.2) is 115 Å². The summed E-state index contributed by atoms with van der Waals surface area (Å²) in [5.41, 5.74) is 25.8. The zero-order chi connectivity index (χ0) is 69.0.